The topological polar surface area (TPSA) is 26.3 Å². The van der Waals surface area contributed by atoms with Gasteiger partial charge in [-0.2, -0.15) is 0 Å². The lowest BCUT2D eigenvalue weighted by Crippen LogP contribution is -2.21. The molecule has 0 aromatic rings. The largest absolute Gasteiger partial charge is 0.462 e. The van der Waals surface area contributed by atoms with E-state index in [9.17, 15) is 4.79 Å². The first-order valence-corrected chi connectivity index (χ1v) is 5.36. The molecule has 0 aliphatic rings. The maximum atomic E-state index is 11.5. The summed E-state index contributed by atoms with van der Waals surface area (Å²) >= 11 is 0. The Kier molecular flexibility index (Phi) is 6.65. The summed E-state index contributed by atoms with van der Waals surface area (Å²) in [6, 6.07) is 0. The third-order valence-corrected chi connectivity index (χ3v) is 2.36. The summed E-state index contributed by atoms with van der Waals surface area (Å²) in [5.41, 5.74) is 0. The van der Waals surface area contributed by atoms with Crippen LogP contribution < -0.4 is 0 Å². The molecule has 0 N–H and O–H groups in total. The van der Waals surface area contributed by atoms with E-state index in [2.05, 4.69) is 6.92 Å². The van der Waals surface area contributed by atoms with E-state index >= 15 is 0 Å². The molecular formula is C11H22O2. The van der Waals surface area contributed by atoms with E-state index < -0.39 is 0 Å². The van der Waals surface area contributed by atoms with Crippen molar-refractivity contribution in [2.45, 2.75) is 59.5 Å². The molecule has 0 aliphatic carbocycles. The molecule has 2 heteroatoms. The van der Waals surface area contributed by atoms with Crippen LogP contribution in [0.25, 0.3) is 0 Å². The lowest BCUT2D eigenvalue weighted by molar-refractivity contribution is -0.153. The number of rotatable bonds is 6. The van der Waals surface area contributed by atoms with E-state index in [1.54, 1.807) is 0 Å². The summed E-state index contributed by atoms with van der Waals surface area (Å²) in [5, 5.41) is 0. The Bertz CT molecular complexity index is 143. The zero-order chi connectivity index (χ0) is 10.3. The third kappa shape index (κ3) is 4.91. The van der Waals surface area contributed by atoms with Gasteiger partial charge in [-0.3, -0.25) is 4.79 Å². The Morgan fingerprint density at radius 1 is 1.23 bits per heavy atom. The van der Waals surface area contributed by atoms with E-state index in [4.69, 9.17) is 4.74 Å². The van der Waals surface area contributed by atoms with Crippen molar-refractivity contribution in [3.63, 3.8) is 0 Å². The standard InChI is InChI=1S/C11H22O2/c1-5-8-10(7-3)11(12)13-9(4)6-2/h9-10H,5-8H2,1-4H3. The zero-order valence-electron chi connectivity index (χ0n) is 9.30. The second kappa shape index (κ2) is 6.93. The van der Waals surface area contributed by atoms with Gasteiger partial charge in [0.15, 0.2) is 0 Å². The average molecular weight is 186 g/mol. The molecule has 0 bridgehead atoms. The number of hydrogen-bond donors (Lipinski definition) is 0. The lowest BCUT2D eigenvalue weighted by atomic mass is 10.0. The molecule has 0 rings (SSSR count). The highest BCUT2D eigenvalue weighted by Crippen LogP contribution is 2.14. The van der Waals surface area contributed by atoms with Crippen LogP contribution in [0, 0.1) is 5.92 Å². The van der Waals surface area contributed by atoms with E-state index in [-0.39, 0.29) is 18.0 Å². The van der Waals surface area contributed by atoms with Crippen LogP contribution >= 0.6 is 0 Å². The molecule has 0 heterocycles. The molecule has 0 fully saturated rings. The Morgan fingerprint density at radius 3 is 2.23 bits per heavy atom. The maximum Gasteiger partial charge on any atom is 0.309 e. The van der Waals surface area contributed by atoms with Gasteiger partial charge in [0.2, 0.25) is 0 Å². The highest BCUT2D eigenvalue weighted by molar-refractivity contribution is 5.72. The fourth-order valence-electron chi connectivity index (χ4n) is 1.21. The fourth-order valence-corrected chi connectivity index (χ4v) is 1.21. The van der Waals surface area contributed by atoms with Crippen LogP contribution in [-0.2, 0) is 9.53 Å². The molecule has 0 aliphatic heterocycles. The van der Waals surface area contributed by atoms with Crippen molar-refractivity contribution in [2.24, 2.45) is 5.92 Å². The van der Waals surface area contributed by atoms with Crippen LogP contribution in [0.5, 0.6) is 0 Å². The van der Waals surface area contributed by atoms with Crippen molar-refractivity contribution >= 4 is 5.97 Å². The number of carbonyl (C=O) groups is 1. The summed E-state index contributed by atoms with van der Waals surface area (Å²) in [6.45, 7) is 8.10. The van der Waals surface area contributed by atoms with Crippen LogP contribution in [0.15, 0.2) is 0 Å². The first-order valence-electron chi connectivity index (χ1n) is 5.36. The number of esters is 1. The van der Waals surface area contributed by atoms with Gasteiger partial charge >= 0.3 is 5.97 Å². The van der Waals surface area contributed by atoms with Gasteiger partial charge in [-0.15, -0.1) is 0 Å². The Balaban J connectivity index is 3.90. The van der Waals surface area contributed by atoms with Crippen molar-refractivity contribution < 1.29 is 9.53 Å². The van der Waals surface area contributed by atoms with Gasteiger partial charge in [-0.1, -0.05) is 27.2 Å². The Labute approximate surface area is 81.7 Å². The first-order chi connectivity index (χ1) is 6.15. The van der Waals surface area contributed by atoms with Gasteiger partial charge in [-0.25, -0.2) is 0 Å². The Morgan fingerprint density at radius 2 is 1.85 bits per heavy atom. The summed E-state index contributed by atoms with van der Waals surface area (Å²) in [5.74, 6) is 0.0951. The van der Waals surface area contributed by atoms with Gasteiger partial charge in [0.05, 0.1) is 12.0 Å². The minimum Gasteiger partial charge on any atom is -0.462 e. The normalized spacial score (nSPS) is 15.1. The minimum absolute atomic E-state index is 0.0151. The van der Waals surface area contributed by atoms with Crippen molar-refractivity contribution in [2.75, 3.05) is 0 Å². The van der Waals surface area contributed by atoms with Crippen LogP contribution in [0.3, 0.4) is 0 Å². The smallest absolute Gasteiger partial charge is 0.309 e. The predicted molar refractivity (Wildman–Crippen MR) is 54.5 cm³/mol. The van der Waals surface area contributed by atoms with Crippen LogP contribution in [0.1, 0.15) is 53.4 Å². The van der Waals surface area contributed by atoms with Crippen molar-refractivity contribution in [3.05, 3.63) is 0 Å². The van der Waals surface area contributed by atoms with E-state index in [0.717, 1.165) is 25.7 Å². The molecule has 0 spiro atoms. The molecule has 0 saturated heterocycles. The highest BCUT2D eigenvalue weighted by Gasteiger charge is 2.18. The van der Waals surface area contributed by atoms with Crippen LogP contribution in [-0.4, -0.2) is 12.1 Å². The molecule has 0 radical (unpaired) electrons. The molecule has 0 aromatic heterocycles. The fraction of sp³-hybridized carbons (Fsp3) is 0.909. The molecule has 13 heavy (non-hydrogen) atoms. The van der Waals surface area contributed by atoms with Crippen molar-refractivity contribution in [1.29, 1.82) is 0 Å². The molecule has 2 unspecified atom stereocenters. The molecule has 2 atom stereocenters. The molecule has 2 nitrogen and oxygen atoms in total. The number of carbonyl (C=O) groups excluding carboxylic acids is 1. The highest BCUT2D eigenvalue weighted by atomic mass is 16.5. The molecule has 0 aromatic carbocycles. The number of hydrogen-bond acceptors (Lipinski definition) is 2. The molecular weight excluding hydrogens is 164 g/mol. The van der Waals surface area contributed by atoms with Gasteiger partial charge in [0.1, 0.15) is 0 Å². The second-order valence-electron chi connectivity index (χ2n) is 3.55. The van der Waals surface area contributed by atoms with Gasteiger partial charge in [0.25, 0.3) is 0 Å². The summed E-state index contributed by atoms with van der Waals surface area (Å²) in [7, 11) is 0. The monoisotopic (exact) mass is 186 g/mol. The predicted octanol–water partition coefficient (Wildman–Crippen LogP) is 3.15. The Hall–Kier alpha value is -0.530. The average Bonchev–Trinajstić information content (AvgIpc) is 2.13. The SMILES string of the molecule is CCCC(CC)C(=O)OC(C)CC. The molecule has 0 saturated carbocycles. The van der Waals surface area contributed by atoms with Gasteiger partial charge in [0, 0.05) is 0 Å². The van der Waals surface area contributed by atoms with E-state index in [0.29, 0.717) is 0 Å². The van der Waals surface area contributed by atoms with Gasteiger partial charge in [-0.05, 0) is 26.2 Å². The molecule has 78 valence electrons. The minimum atomic E-state index is -0.0151. The quantitative estimate of drug-likeness (QED) is 0.596. The molecule has 0 amide bonds. The second-order valence-corrected chi connectivity index (χ2v) is 3.55. The van der Waals surface area contributed by atoms with E-state index in [1.807, 2.05) is 20.8 Å². The number of ether oxygens (including phenoxy) is 1. The van der Waals surface area contributed by atoms with Crippen molar-refractivity contribution in [3.8, 4) is 0 Å². The van der Waals surface area contributed by atoms with Crippen LogP contribution in [0.2, 0.25) is 0 Å². The third-order valence-electron chi connectivity index (χ3n) is 2.36. The summed E-state index contributed by atoms with van der Waals surface area (Å²) < 4.78 is 5.27. The van der Waals surface area contributed by atoms with Crippen LogP contribution in [0.4, 0.5) is 0 Å². The lowest BCUT2D eigenvalue weighted by Gasteiger charge is -2.16. The van der Waals surface area contributed by atoms with Gasteiger partial charge < -0.3 is 4.74 Å². The summed E-state index contributed by atoms with van der Waals surface area (Å²) in [6.07, 6.45) is 3.86. The first kappa shape index (κ1) is 12.5. The zero-order valence-corrected chi connectivity index (χ0v) is 9.30. The van der Waals surface area contributed by atoms with E-state index in [1.165, 1.54) is 0 Å². The van der Waals surface area contributed by atoms with Crippen molar-refractivity contribution in [1.82, 2.24) is 0 Å². The summed E-state index contributed by atoms with van der Waals surface area (Å²) in [4.78, 5) is 11.5. The maximum absolute atomic E-state index is 11.5.